The van der Waals surface area contributed by atoms with Crippen molar-refractivity contribution in [2.75, 3.05) is 13.2 Å². The molecule has 0 saturated carbocycles. The van der Waals surface area contributed by atoms with Gasteiger partial charge in [-0.1, -0.05) is 6.42 Å². The molecule has 1 aromatic rings. The number of epoxide rings is 1. The molecule has 0 amide bonds. The van der Waals surface area contributed by atoms with E-state index in [9.17, 15) is 4.79 Å². The summed E-state index contributed by atoms with van der Waals surface area (Å²) in [5.74, 6) is 0.958. The fourth-order valence-electron chi connectivity index (χ4n) is 2.20. The van der Waals surface area contributed by atoms with Crippen LogP contribution in [0.4, 0.5) is 0 Å². The van der Waals surface area contributed by atoms with Gasteiger partial charge in [-0.15, -0.1) is 0 Å². The second-order valence-corrected chi connectivity index (χ2v) is 5.19. The number of carbonyl (C=O) groups is 1. The largest absolute Gasteiger partial charge is 0.494 e. The summed E-state index contributed by atoms with van der Waals surface area (Å²) in [6.45, 7) is 5.23. The third-order valence-corrected chi connectivity index (χ3v) is 3.42. The predicted octanol–water partition coefficient (Wildman–Crippen LogP) is 3.54. The molecule has 104 valence electrons. The Labute approximate surface area is 114 Å². The first kappa shape index (κ1) is 14.1. The minimum atomic E-state index is 0.103. The molecule has 1 heterocycles. The van der Waals surface area contributed by atoms with Crippen LogP contribution < -0.4 is 4.74 Å². The van der Waals surface area contributed by atoms with E-state index in [1.807, 2.05) is 25.1 Å². The smallest absolute Gasteiger partial charge is 0.160 e. The molecule has 1 aliphatic heterocycles. The van der Waals surface area contributed by atoms with E-state index in [4.69, 9.17) is 9.47 Å². The molecule has 3 heteroatoms. The fourth-order valence-corrected chi connectivity index (χ4v) is 2.20. The monoisotopic (exact) mass is 262 g/mol. The van der Waals surface area contributed by atoms with Crippen molar-refractivity contribution in [3.05, 3.63) is 29.3 Å². The van der Waals surface area contributed by atoms with Gasteiger partial charge in [0.1, 0.15) is 5.75 Å². The highest BCUT2D eigenvalue weighted by Gasteiger charge is 2.20. The van der Waals surface area contributed by atoms with Crippen LogP contribution in [0.3, 0.4) is 0 Å². The maximum atomic E-state index is 11.3. The quantitative estimate of drug-likeness (QED) is 0.408. The van der Waals surface area contributed by atoms with E-state index >= 15 is 0 Å². The lowest BCUT2D eigenvalue weighted by atomic mass is 10.1. The summed E-state index contributed by atoms with van der Waals surface area (Å²) in [4.78, 5) is 11.3. The second-order valence-electron chi connectivity index (χ2n) is 5.19. The van der Waals surface area contributed by atoms with Crippen LogP contribution >= 0.6 is 0 Å². The summed E-state index contributed by atoms with van der Waals surface area (Å²) in [5.41, 5.74) is 1.76. The van der Waals surface area contributed by atoms with E-state index in [1.54, 1.807) is 6.92 Å². The Morgan fingerprint density at radius 2 is 2.16 bits per heavy atom. The number of ether oxygens (including phenoxy) is 2. The third kappa shape index (κ3) is 4.67. The molecule has 0 spiro atoms. The van der Waals surface area contributed by atoms with Gasteiger partial charge in [-0.25, -0.2) is 0 Å². The number of hydrogen-bond donors (Lipinski definition) is 0. The molecule has 19 heavy (non-hydrogen) atoms. The van der Waals surface area contributed by atoms with Gasteiger partial charge >= 0.3 is 0 Å². The Morgan fingerprint density at radius 1 is 1.37 bits per heavy atom. The van der Waals surface area contributed by atoms with E-state index < -0.39 is 0 Å². The molecule has 1 atom stereocenters. The van der Waals surface area contributed by atoms with Crippen molar-refractivity contribution in [1.82, 2.24) is 0 Å². The lowest BCUT2D eigenvalue weighted by Crippen LogP contribution is -2.00. The highest BCUT2D eigenvalue weighted by Crippen LogP contribution is 2.19. The number of carbonyl (C=O) groups excluding carboxylic acids is 1. The van der Waals surface area contributed by atoms with E-state index in [1.165, 1.54) is 19.3 Å². The summed E-state index contributed by atoms with van der Waals surface area (Å²) >= 11 is 0. The minimum Gasteiger partial charge on any atom is -0.494 e. The molecule has 2 rings (SSSR count). The van der Waals surface area contributed by atoms with Gasteiger partial charge in [0, 0.05) is 5.56 Å². The van der Waals surface area contributed by atoms with Gasteiger partial charge in [-0.3, -0.25) is 4.79 Å². The first-order valence-electron chi connectivity index (χ1n) is 7.03. The van der Waals surface area contributed by atoms with Gasteiger partial charge in [0.05, 0.1) is 19.3 Å². The van der Waals surface area contributed by atoms with Gasteiger partial charge in [0.2, 0.25) is 0 Å². The molecule has 0 aliphatic carbocycles. The van der Waals surface area contributed by atoms with E-state index in [-0.39, 0.29) is 5.78 Å². The predicted molar refractivity (Wildman–Crippen MR) is 74.9 cm³/mol. The lowest BCUT2D eigenvalue weighted by molar-refractivity contribution is 0.101. The van der Waals surface area contributed by atoms with Gasteiger partial charge in [0.25, 0.3) is 0 Å². The van der Waals surface area contributed by atoms with E-state index in [0.29, 0.717) is 6.10 Å². The highest BCUT2D eigenvalue weighted by molar-refractivity contribution is 5.95. The van der Waals surface area contributed by atoms with Gasteiger partial charge in [-0.2, -0.15) is 0 Å². The fraction of sp³-hybridized carbons (Fsp3) is 0.562. The summed E-state index contributed by atoms with van der Waals surface area (Å²) in [7, 11) is 0. The van der Waals surface area contributed by atoms with Gasteiger partial charge in [-0.05, 0) is 56.9 Å². The van der Waals surface area contributed by atoms with Crippen LogP contribution in [-0.4, -0.2) is 25.1 Å². The molecule has 0 aromatic heterocycles. The number of ketones is 1. The first-order chi connectivity index (χ1) is 9.16. The first-order valence-corrected chi connectivity index (χ1v) is 7.03. The standard InChI is InChI=1S/C16H22O3/c1-12-10-14(7-8-16(12)13(2)17)18-9-5-3-4-6-15-11-19-15/h7-8,10,15H,3-6,9,11H2,1-2H3. The maximum absolute atomic E-state index is 11.3. The summed E-state index contributed by atoms with van der Waals surface area (Å²) < 4.78 is 10.9. The second kappa shape index (κ2) is 6.71. The molecular formula is C16H22O3. The van der Waals surface area contributed by atoms with Crippen molar-refractivity contribution in [2.45, 2.75) is 45.6 Å². The zero-order valence-electron chi connectivity index (χ0n) is 11.8. The van der Waals surface area contributed by atoms with Gasteiger partial charge < -0.3 is 9.47 Å². The van der Waals surface area contributed by atoms with Crippen LogP contribution in [-0.2, 0) is 4.74 Å². The Bertz CT molecular complexity index is 436. The highest BCUT2D eigenvalue weighted by atomic mass is 16.6. The topological polar surface area (TPSA) is 38.8 Å². The van der Waals surface area contributed by atoms with Gasteiger partial charge in [0.15, 0.2) is 5.78 Å². The van der Waals surface area contributed by atoms with Crippen molar-refractivity contribution >= 4 is 5.78 Å². The maximum Gasteiger partial charge on any atom is 0.160 e. The Morgan fingerprint density at radius 3 is 2.79 bits per heavy atom. The zero-order chi connectivity index (χ0) is 13.7. The van der Waals surface area contributed by atoms with Crippen molar-refractivity contribution in [2.24, 2.45) is 0 Å². The van der Waals surface area contributed by atoms with E-state index in [0.717, 1.165) is 36.5 Å². The van der Waals surface area contributed by atoms with Crippen LogP contribution in [0.5, 0.6) is 5.75 Å². The summed E-state index contributed by atoms with van der Waals surface area (Å²) in [6.07, 6.45) is 5.20. The minimum absolute atomic E-state index is 0.103. The average Bonchev–Trinajstić information content (AvgIpc) is 3.17. The SMILES string of the molecule is CC(=O)c1ccc(OCCCCCC2CO2)cc1C. The number of hydrogen-bond acceptors (Lipinski definition) is 3. The molecule has 1 unspecified atom stereocenters. The molecule has 3 nitrogen and oxygen atoms in total. The summed E-state index contributed by atoms with van der Waals surface area (Å²) in [5, 5.41) is 0. The van der Waals surface area contributed by atoms with Crippen molar-refractivity contribution in [3.8, 4) is 5.75 Å². The average molecular weight is 262 g/mol. The van der Waals surface area contributed by atoms with Crippen LogP contribution in [0.25, 0.3) is 0 Å². The molecule has 1 aromatic carbocycles. The molecule has 0 N–H and O–H groups in total. The number of benzene rings is 1. The molecular weight excluding hydrogens is 240 g/mol. The van der Waals surface area contributed by atoms with E-state index in [2.05, 4.69) is 0 Å². The molecule has 1 fully saturated rings. The number of rotatable bonds is 8. The Balaban J connectivity index is 1.67. The Hall–Kier alpha value is -1.35. The molecule has 1 aliphatic rings. The van der Waals surface area contributed by atoms with Crippen LogP contribution in [0.15, 0.2) is 18.2 Å². The number of Topliss-reactive ketones (excluding diaryl/α,β-unsaturated/α-hetero) is 1. The summed E-state index contributed by atoms with van der Waals surface area (Å²) in [6, 6.07) is 5.66. The third-order valence-electron chi connectivity index (χ3n) is 3.42. The van der Waals surface area contributed by atoms with Crippen LogP contribution in [0.1, 0.15) is 48.5 Å². The number of aryl methyl sites for hydroxylation is 1. The van der Waals surface area contributed by atoms with Crippen molar-refractivity contribution in [3.63, 3.8) is 0 Å². The number of unbranched alkanes of at least 4 members (excludes halogenated alkanes) is 2. The molecule has 0 radical (unpaired) electrons. The van der Waals surface area contributed by atoms with Crippen LogP contribution in [0.2, 0.25) is 0 Å². The molecule has 0 bridgehead atoms. The van der Waals surface area contributed by atoms with Crippen molar-refractivity contribution in [1.29, 1.82) is 0 Å². The van der Waals surface area contributed by atoms with Crippen LogP contribution in [0, 0.1) is 6.92 Å². The van der Waals surface area contributed by atoms with Crippen molar-refractivity contribution < 1.29 is 14.3 Å². The normalized spacial score (nSPS) is 17.3. The zero-order valence-corrected chi connectivity index (χ0v) is 11.8. The molecule has 1 saturated heterocycles. The lowest BCUT2D eigenvalue weighted by Gasteiger charge is -2.08. The Kier molecular flexibility index (Phi) is 4.97.